The van der Waals surface area contributed by atoms with E-state index < -0.39 is 0 Å². The normalized spacial score (nSPS) is 30.5. The number of fused-ring (bicyclic) bond motifs is 1. The van der Waals surface area contributed by atoms with Crippen LogP contribution in [0.2, 0.25) is 0 Å². The highest BCUT2D eigenvalue weighted by molar-refractivity contribution is 5.31. The van der Waals surface area contributed by atoms with Crippen LogP contribution in [0.15, 0.2) is 4.42 Å². The van der Waals surface area contributed by atoms with Gasteiger partial charge in [0.2, 0.25) is 0 Å². The van der Waals surface area contributed by atoms with Crippen LogP contribution in [-0.4, -0.2) is 35.5 Å². The van der Waals surface area contributed by atoms with E-state index in [-0.39, 0.29) is 6.01 Å². The summed E-state index contributed by atoms with van der Waals surface area (Å²) >= 11 is 0. The Labute approximate surface area is 87.4 Å². The summed E-state index contributed by atoms with van der Waals surface area (Å²) in [5.74, 6) is 0. The van der Waals surface area contributed by atoms with Crippen molar-refractivity contribution in [3.8, 4) is 0 Å². The molecular formula is C9H14N4O2. The van der Waals surface area contributed by atoms with Crippen LogP contribution in [0.5, 0.6) is 0 Å². The van der Waals surface area contributed by atoms with Gasteiger partial charge in [-0.25, -0.2) is 0 Å². The number of nitrogens with two attached hydrogens (primary N) is 1. The maximum atomic E-state index is 5.70. The Bertz CT molecular complexity index is 354. The molecule has 1 aliphatic carbocycles. The molecule has 0 spiro atoms. The number of nitrogens with zero attached hydrogens (tertiary/aromatic N) is 3. The number of ether oxygens (including phenoxy) is 1. The van der Waals surface area contributed by atoms with Gasteiger partial charge in [0.25, 0.3) is 0 Å². The molecule has 2 N–H and O–H groups in total. The van der Waals surface area contributed by atoms with Gasteiger partial charge in [-0.1, -0.05) is 10.2 Å². The third-order valence-corrected chi connectivity index (χ3v) is 3.16. The molecular weight excluding hydrogens is 196 g/mol. The van der Waals surface area contributed by atoms with Crippen LogP contribution in [0.25, 0.3) is 0 Å². The summed E-state index contributed by atoms with van der Waals surface area (Å²) in [6, 6.07) is 1.05. The number of aromatic nitrogens is 2. The van der Waals surface area contributed by atoms with Crippen LogP contribution in [-0.2, 0) is 4.74 Å². The lowest BCUT2D eigenvalue weighted by atomic mass is 10.1. The molecule has 1 saturated heterocycles. The van der Waals surface area contributed by atoms with Crippen molar-refractivity contribution < 1.29 is 9.15 Å². The fraction of sp³-hybridized carbons (Fsp3) is 0.778. The number of anilines is 2. The average Bonchev–Trinajstić information content (AvgIpc) is 2.84. The summed E-state index contributed by atoms with van der Waals surface area (Å²) in [7, 11) is 0. The van der Waals surface area contributed by atoms with Gasteiger partial charge < -0.3 is 19.8 Å². The lowest BCUT2D eigenvalue weighted by Crippen LogP contribution is -2.48. The Morgan fingerprint density at radius 3 is 3.07 bits per heavy atom. The molecule has 2 unspecified atom stereocenters. The largest absolute Gasteiger partial charge is 0.390 e. The highest BCUT2D eigenvalue weighted by atomic mass is 16.5. The van der Waals surface area contributed by atoms with E-state index in [4.69, 9.17) is 14.9 Å². The predicted octanol–water partition coefficient (Wildman–Crippen LogP) is 0.409. The van der Waals surface area contributed by atoms with Crippen LogP contribution in [0.3, 0.4) is 0 Å². The highest BCUT2D eigenvalue weighted by Crippen LogP contribution is 2.32. The summed E-state index contributed by atoms with van der Waals surface area (Å²) in [5, 5.41) is 7.61. The number of nitrogen functional groups attached to an aromatic ring is 1. The molecule has 0 radical (unpaired) electrons. The molecule has 2 atom stereocenters. The summed E-state index contributed by atoms with van der Waals surface area (Å²) in [6.07, 6.45) is 3.79. The molecule has 0 aromatic carbocycles. The fourth-order valence-corrected chi connectivity index (χ4v) is 2.51. The molecule has 3 rings (SSSR count). The van der Waals surface area contributed by atoms with Gasteiger partial charge in [0.05, 0.1) is 18.8 Å². The maximum absolute atomic E-state index is 5.70. The van der Waals surface area contributed by atoms with Crippen LogP contribution >= 0.6 is 0 Å². The van der Waals surface area contributed by atoms with Gasteiger partial charge in [0.15, 0.2) is 0 Å². The third kappa shape index (κ3) is 1.45. The number of hydrogen-bond donors (Lipinski definition) is 1. The predicted molar refractivity (Wildman–Crippen MR) is 53.4 cm³/mol. The zero-order chi connectivity index (χ0) is 10.3. The summed E-state index contributed by atoms with van der Waals surface area (Å²) in [6.45, 7) is 1.53. The van der Waals surface area contributed by atoms with Crippen molar-refractivity contribution in [3.05, 3.63) is 0 Å². The lowest BCUT2D eigenvalue weighted by Gasteiger charge is -2.36. The minimum Gasteiger partial charge on any atom is -0.390 e. The van der Waals surface area contributed by atoms with E-state index in [0.717, 1.165) is 26.0 Å². The number of hydrogen-bond acceptors (Lipinski definition) is 6. The molecule has 1 aromatic heterocycles. The smallest absolute Gasteiger partial charge is 0.319 e. The van der Waals surface area contributed by atoms with Crippen molar-refractivity contribution in [2.75, 3.05) is 23.8 Å². The first-order chi connectivity index (χ1) is 7.34. The van der Waals surface area contributed by atoms with Crippen molar-refractivity contribution in [1.29, 1.82) is 0 Å². The topological polar surface area (TPSA) is 77.4 Å². The van der Waals surface area contributed by atoms with E-state index in [1.807, 2.05) is 0 Å². The van der Waals surface area contributed by atoms with Crippen molar-refractivity contribution in [2.24, 2.45) is 0 Å². The summed E-state index contributed by atoms with van der Waals surface area (Å²) < 4.78 is 11.0. The van der Waals surface area contributed by atoms with Crippen LogP contribution in [0.1, 0.15) is 19.3 Å². The van der Waals surface area contributed by atoms with E-state index in [0.29, 0.717) is 18.2 Å². The van der Waals surface area contributed by atoms with Crippen LogP contribution in [0, 0.1) is 0 Å². The number of rotatable bonds is 1. The van der Waals surface area contributed by atoms with E-state index >= 15 is 0 Å². The molecule has 2 heterocycles. The van der Waals surface area contributed by atoms with Crippen molar-refractivity contribution in [2.45, 2.75) is 31.4 Å². The first kappa shape index (κ1) is 8.96. The van der Waals surface area contributed by atoms with Crippen molar-refractivity contribution in [3.63, 3.8) is 0 Å². The molecule has 1 saturated carbocycles. The molecule has 82 valence electrons. The van der Waals surface area contributed by atoms with E-state index in [2.05, 4.69) is 15.1 Å². The minimum atomic E-state index is 0.131. The zero-order valence-electron chi connectivity index (χ0n) is 8.43. The van der Waals surface area contributed by atoms with Crippen molar-refractivity contribution >= 4 is 12.0 Å². The molecule has 15 heavy (non-hydrogen) atoms. The molecule has 2 aliphatic rings. The Morgan fingerprint density at radius 2 is 2.27 bits per heavy atom. The average molecular weight is 210 g/mol. The standard InChI is InChI=1S/C9H14N4O2/c10-8-11-12-9(15-8)13-4-5-14-7-3-1-2-6(7)13/h6-7H,1-5H2,(H2,10,11). The fourth-order valence-electron chi connectivity index (χ4n) is 2.51. The molecule has 0 bridgehead atoms. The van der Waals surface area contributed by atoms with Crippen LogP contribution in [0.4, 0.5) is 12.0 Å². The van der Waals surface area contributed by atoms with E-state index in [9.17, 15) is 0 Å². The van der Waals surface area contributed by atoms with Gasteiger partial charge >= 0.3 is 12.0 Å². The quantitative estimate of drug-likeness (QED) is 0.723. The molecule has 2 fully saturated rings. The van der Waals surface area contributed by atoms with E-state index in [1.165, 1.54) is 6.42 Å². The van der Waals surface area contributed by atoms with Gasteiger partial charge in [0.1, 0.15) is 0 Å². The van der Waals surface area contributed by atoms with Crippen molar-refractivity contribution in [1.82, 2.24) is 10.2 Å². The lowest BCUT2D eigenvalue weighted by molar-refractivity contribution is 0.0237. The number of morpholine rings is 1. The minimum absolute atomic E-state index is 0.131. The first-order valence-corrected chi connectivity index (χ1v) is 5.32. The highest BCUT2D eigenvalue weighted by Gasteiger charge is 2.38. The molecule has 1 aromatic rings. The zero-order valence-corrected chi connectivity index (χ0v) is 8.43. The molecule has 1 aliphatic heterocycles. The third-order valence-electron chi connectivity index (χ3n) is 3.16. The van der Waals surface area contributed by atoms with Gasteiger partial charge in [-0.15, -0.1) is 0 Å². The second kappa shape index (κ2) is 3.37. The molecule has 6 nitrogen and oxygen atoms in total. The summed E-state index contributed by atoms with van der Waals surface area (Å²) in [4.78, 5) is 2.13. The second-order valence-electron chi connectivity index (χ2n) is 4.02. The summed E-state index contributed by atoms with van der Waals surface area (Å²) in [5.41, 5.74) is 5.42. The van der Waals surface area contributed by atoms with Gasteiger partial charge in [0, 0.05) is 6.54 Å². The Kier molecular flexibility index (Phi) is 2.02. The first-order valence-electron chi connectivity index (χ1n) is 5.32. The Morgan fingerprint density at radius 1 is 1.33 bits per heavy atom. The molecule has 6 heteroatoms. The maximum Gasteiger partial charge on any atom is 0.319 e. The van der Waals surface area contributed by atoms with Gasteiger partial charge in [-0.2, -0.15) is 0 Å². The van der Waals surface area contributed by atoms with Crippen LogP contribution < -0.4 is 10.6 Å². The second-order valence-corrected chi connectivity index (χ2v) is 4.02. The van der Waals surface area contributed by atoms with E-state index in [1.54, 1.807) is 0 Å². The van der Waals surface area contributed by atoms with Gasteiger partial charge in [-0.3, -0.25) is 0 Å². The molecule has 0 amide bonds. The SMILES string of the molecule is Nc1nnc(N2CCOC3CCCC32)o1. The monoisotopic (exact) mass is 210 g/mol. The Hall–Kier alpha value is -1.30. The Balaban J connectivity index is 1.85. The van der Waals surface area contributed by atoms with Gasteiger partial charge in [-0.05, 0) is 19.3 Å².